The van der Waals surface area contributed by atoms with E-state index in [-0.39, 0.29) is 24.2 Å². The number of carbonyl (C=O) groups excluding carboxylic acids is 1. The number of Topliss-reactive ketones (excluding diaryl/α,β-unsaturated/α-hetero) is 1. The van der Waals surface area contributed by atoms with Gasteiger partial charge in [0.2, 0.25) is 0 Å². The van der Waals surface area contributed by atoms with Crippen LogP contribution in [0.4, 0.5) is 4.39 Å². The number of ketones is 1. The number of carbonyl (C=O) groups is 1. The Morgan fingerprint density at radius 3 is 2.84 bits per heavy atom. The first-order valence-electron chi connectivity index (χ1n) is 8.50. The maximum absolute atomic E-state index is 13.6. The maximum Gasteiger partial charge on any atom is 0.176 e. The zero-order chi connectivity index (χ0) is 17.6. The normalized spacial score (nSPS) is 16.7. The Hall–Kier alpha value is -1.60. The third-order valence-electron chi connectivity index (χ3n) is 4.48. The topological polar surface area (TPSA) is 41.6 Å². The van der Waals surface area contributed by atoms with Crippen LogP contribution in [-0.2, 0) is 4.74 Å². The molecule has 134 valence electrons. The van der Waals surface area contributed by atoms with Crippen molar-refractivity contribution >= 4 is 17.1 Å². The molecule has 0 radical (unpaired) electrons. The summed E-state index contributed by atoms with van der Waals surface area (Å²) in [4.78, 5) is 16.0. The lowest BCUT2D eigenvalue weighted by Crippen LogP contribution is -2.43. The molecule has 1 saturated heterocycles. The number of nitrogens with zero attached hydrogens (tertiary/aromatic N) is 1. The summed E-state index contributed by atoms with van der Waals surface area (Å²) in [5.41, 5.74) is 0.962. The fraction of sp³-hybridized carbons (Fsp3) is 0.421. The van der Waals surface area contributed by atoms with Gasteiger partial charge in [0.1, 0.15) is 5.82 Å². The second kappa shape index (κ2) is 8.67. The Morgan fingerprint density at radius 2 is 2.16 bits per heavy atom. The second-order valence-electron chi connectivity index (χ2n) is 6.20. The molecule has 1 N–H and O–H groups in total. The Balaban J connectivity index is 1.59. The maximum atomic E-state index is 13.6. The van der Waals surface area contributed by atoms with Gasteiger partial charge in [0.15, 0.2) is 5.78 Å². The minimum Gasteiger partial charge on any atom is -0.379 e. The number of nitrogens with one attached hydrogen (secondary N) is 1. The third-order valence-corrected chi connectivity index (χ3v) is 5.45. The molecule has 1 unspecified atom stereocenters. The summed E-state index contributed by atoms with van der Waals surface area (Å²) in [6.45, 7) is 5.83. The van der Waals surface area contributed by atoms with Crippen molar-refractivity contribution < 1.29 is 13.9 Å². The van der Waals surface area contributed by atoms with Crippen LogP contribution in [-0.4, -0.2) is 50.1 Å². The van der Waals surface area contributed by atoms with Gasteiger partial charge in [-0.25, -0.2) is 4.39 Å². The second-order valence-corrected chi connectivity index (χ2v) is 7.18. The fourth-order valence-electron chi connectivity index (χ4n) is 2.97. The quantitative estimate of drug-likeness (QED) is 0.769. The smallest absolute Gasteiger partial charge is 0.176 e. The highest BCUT2D eigenvalue weighted by Gasteiger charge is 2.23. The van der Waals surface area contributed by atoms with Crippen LogP contribution in [0.2, 0.25) is 0 Å². The molecule has 0 amide bonds. The van der Waals surface area contributed by atoms with Crippen LogP contribution in [0.1, 0.15) is 26.8 Å². The molecule has 1 aliphatic heterocycles. The molecule has 0 bridgehead atoms. The van der Waals surface area contributed by atoms with E-state index in [0.29, 0.717) is 17.7 Å². The van der Waals surface area contributed by atoms with E-state index in [0.717, 1.165) is 26.3 Å². The number of hydrogen-bond acceptors (Lipinski definition) is 5. The number of ether oxygens (including phenoxy) is 1. The average molecular weight is 362 g/mol. The lowest BCUT2D eigenvalue weighted by molar-refractivity contribution is 0.0169. The number of thiophene rings is 1. The van der Waals surface area contributed by atoms with Gasteiger partial charge in [0.05, 0.1) is 25.8 Å². The summed E-state index contributed by atoms with van der Waals surface area (Å²) >= 11 is 1.73. The van der Waals surface area contributed by atoms with Gasteiger partial charge in [0.25, 0.3) is 0 Å². The molecule has 1 aliphatic rings. The summed E-state index contributed by atoms with van der Waals surface area (Å²) in [5, 5.41) is 5.33. The average Bonchev–Trinajstić information content (AvgIpc) is 3.16. The van der Waals surface area contributed by atoms with Crippen molar-refractivity contribution in [1.29, 1.82) is 0 Å². The van der Waals surface area contributed by atoms with Crippen molar-refractivity contribution in [2.45, 2.75) is 13.0 Å². The molecule has 6 heteroatoms. The molecule has 0 saturated carbocycles. The van der Waals surface area contributed by atoms with Crippen molar-refractivity contribution in [3.63, 3.8) is 0 Å². The molecular weight excluding hydrogens is 339 g/mol. The minimum absolute atomic E-state index is 0.0918. The van der Waals surface area contributed by atoms with E-state index in [1.807, 2.05) is 6.07 Å². The van der Waals surface area contributed by atoms with Gasteiger partial charge in [-0.3, -0.25) is 9.69 Å². The number of benzene rings is 1. The SMILES string of the molecule is Cc1ccc(C(=O)CNCC(c2cccs2)N2CCOCC2)cc1F. The highest BCUT2D eigenvalue weighted by molar-refractivity contribution is 7.10. The molecule has 2 heterocycles. The highest BCUT2D eigenvalue weighted by Crippen LogP contribution is 2.25. The molecule has 1 aromatic carbocycles. The standard InChI is InChI=1S/C19H23FN2O2S/c1-14-4-5-15(11-16(14)20)18(23)13-21-12-17(19-3-2-10-25-19)22-6-8-24-9-7-22/h2-5,10-11,17,21H,6-9,12-13H2,1H3. The van der Waals surface area contributed by atoms with Crippen molar-refractivity contribution in [3.05, 3.63) is 57.5 Å². The fourth-order valence-corrected chi connectivity index (χ4v) is 3.83. The number of hydrogen-bond donors (Lipinski definition) is 1. The molecule has 1 fully saturated rings. The van der Waals surface area contributed by atoms with Crippen LogP contribution in [0.25, 0.3) is 0 Å². The first kappa shape index (κ1) is 18.2. The van der Waals surface area contributed by atoms with Crippen molar-refractivity contribution in [2.75, 3.05) is 39.4 Å². The van der Waals surface area contributed by atoms with Crippen molar-refractivity contribution in [1.82, 2.24) is 10.2 Å². The Labute approximate surface area is 151 Å². The predicted molar refractivity (Wildman–Crippen MR) is 97.8 cm³/mol. The first-order chi connectivity index (χ1) is 12.1. The van der Waals surface area contributed by atoms with Crippen LogP contribution in [0.15, 0.2) is 35.7 Å². The summed E-state index contributed by atoms with van der Waals surface area (Å²) in [6, 6.07) is 9.05. The molecule has 3 rings (SSSR count). The Bertz CT molecular complexity index is 699. The lowest BCUT2D eigenvalue weighted by Gasteiger charge is -2.34. The number of rotatable bonds is 7. The van der Waals surface area contributed by atoms with E-state index in [4.69, 9.17) is 4.74 Å². The predicted octanol–water partition coefficient (Wildman–Crippen LogP) is 3.04. The van der Waals surface area contributed by atoms with E-state index in [1.54, 1.807) is 30.4 Å². The molecule has 25 heavy (non-hydrogen) atoms. The van der Waals surface area contributed by atoms with Crippen LogP contribution < -0.4 is 5.32 Å². The van der Waals surface area contributed by atoms with Crippen molar-refractivity contribution in [2.24, 2.45) is 0 Å². The zero-order valence-electron chi connectivity index (χ0n) is 14.3. The lowest BCUT2D eigenvalue weighted by atomic mass is 10.1. The number of aryl methyl sites for hydroxylation is 1. The number of morpholine rings is 1. The van der Waals surface area contributed by atoms with Gasteiger partial charge < -0.3 is 10.1 Å². The molecule has 1 aromatic heterocycles. The first-order valence-corrected chi connectivity index (χ1v) is 9.38. The molecule has 0 aliphatic carbocycles. The minimum atomic E-state index is -0.337. The summed E-state index contributed by atoms with van der Waals surface area (Å²) in [5.74, 6) is -0.429. The Morgan fingerprint density at radius 1 is 1.36 bits per heavy atom. The van der Waals surface area contributed by atoms with Gasteiger partial charge in [-0.15, -0.1) is 11.3 Å². The summed E-state index contributed by atoms with van der Waals surface area (Å²) in [6.07, 6.45) is 0. The van der Waals surface area contributed by atoms with Gasteiger partial charge >= 0.3 is 0 Å². The van der Waals surface area contributed by atoms with E-state index >= 15 is 0 Å². The van der Waals surface area contributed by atoms with Crippen molar-refractivity contribution in [3.8, 4) is 0 Å². The van der Waals surface area contributed by atoms with Gasteiger partial charge in [-0.05, 0) is 30.0 Å². The van der Waals surface area contributed by atoms with Crippen LogP contribution in [0, 0.1) is 12.7 Å². The highest BCUT2D eigenvalue weighted by atomic mass is 32.1. The number of halogens is 1. The van der Waals surface area contributed by atoms with E-state index < -0.39 is 0 Å². The van der Waals surface area contributed by atoms with Crippen LogP contribution >= 0.6 is 11.3 Å². The largest absolute Gasteiger partial charge is 0.379 e. The van der Waals surface area contributed by atoms with E-state index in [2.05, 4.69) is 21.7 Å². The van der Waals surface area contributed by atoms with Crippen LogP contribution in [0.3, 0.4) is 0 Å². The Kier molecular flexibility index (Phi) is 6.31. The van der Waals surface area contributed by atoms with Gasteiger partial charge in [-0.2, -0.15) is 0 Å². The van der Waals surface area contributed by atoms with E-state index in [1.165, 1.54) is 10.9 Å². The molecule has 1 atom stereocenters. The van der Waals surface area contributed by atoms with Gasteiger partial charge in [0, 0.05) is 30.1 Å². The zero-order valence-corrected chi connectivity index (χ0v) is 15.2. The van der Waals surface area contributed by atoms with Crippen LogP contribution in [0.5, 0.6) is 0 Å². The van der Waals surface area contributed by atoms with Gasteiger partial charge in [-0.1, -0.05) is 18.2 Å². The van der Waals surface area contributed by atoms with E-state index in [9.17, 15) is 9.18 Å². The summed E-state index contributed by atoms with van der Waals surface area (Å²) in [7, 11) is 0. The third kappa shape index (κ3) is 4.73. The summed E-state index contributed by atoms with van der Waals surface area (Å²) < 4.78 is 19.1. The monoisotopic (exact) mass is 362 g/mol. The molecule has 2 aromatic rings. The molecule has 0 spiro atoms. The molecule has 4 nitrogen and oxygen atoms in total. The molecular formula is C19H23FN2O2S.